The largest absolute Gasteiger partial charge is 0.385 e. The standard InChI is InChI=1S/C26H28N4O3/c1-25(2)9-7-16(8-10-25)21-11-17(26(32)12-19-4-5-20(13-26)33-19)3-6-22(21)30-24(31)23-28-15-18(14-27)29-23/h3-7,11,15,19-20,32H,8-10,12-13H2,1-2H3,(H,28,29)(H,30,31)/t19-,20?,26?/m1/s1. The number of hydrogen-bond acceptors (Lipinski definition) is 5. The maximum atomic E-state index is 12.8. The first-order valence-corrected chi connectivity index (χ1v) is 11.4. The van der Waals surface area contributed by atoms with Gasteiger partial charge in [-0.25, -0.2) is 4.98 Å². The normalized spacial score (nSPS) is 27.6. The second-order valence-corrected chi connectivity index (χ2v) is 10.1. The highest BCUT2D eigenvalue weighted by molar-refractivity contribution is 6.03. The molecule has 1 amide bonds. The number of fused-ring (bicyclic) bond motifs is 2. The number of aromatic amines is 1. The molecule has 170 valence electrons. The Morgan fingerprint density at radius 1 is 1.30 bits per heavy atom. The Morgan fingerprint density at radius 3 is 2.70 bits per heavy atom. The number of nitrogens with one attached hydrogen (secondary N) is 2. The maximum absolute atomic E-state index is 12.8. The average Bonchev–Trinajstić information content (AvgIpc) is 3.40. The number of aliphatic hydroxyl groups is 1. The van der Waals surface area contributed by atoms with E-state index in [2.05, 4.69) is 35.2 Å². The molecule has 1 fully saturated rings. The number of aromatic nitrogens is 2. The van der Waals surface area contributed by atoms with E-state index in [-0.39, 0.29) is 29.1 Å². The van der Waals surface area contributed by atoms with Gasteiger partial charge in [-0.3, -0.25) is 4.79 Å². The van der Waals surface area contributed by atoms with Crippen LogP contribution in [0.4, 0.5) is 5.69 Å². The van der Waals surface area contributed by atoms with E-state index in [4.69, 9.17) is 10.00 Å². The third-order valence-corrected chi connectivity index (χ3v) is 7.00. The molecule has 3 heterocycles. The number of nitrogens with zero attached hydrogens (tertiary/aromatic N) is 2. The molecule has 2 unspecified atom stereocenters. The van der Waals surface area contributed by atoms with E-state index >= 15 is 0 Å². The van der Waals surface area contributed by atoms with E-state index in [1.807, 2.05) is 36.4 Å². The van der Waals surface area contributed by atoms with Crippen LogP contribution in [-0.2, 0) is 10.3 Å². The fraction of sp³-hybridized carbons (Fsp3) is 0.423. The topological polar surface area (TPSA) is 111 Å². The minimum atomic E-state index is -0.981. The molecule has 3 aliphatic rings. The molecule has 3 atom stereocenters. The summed E-state index contributed by atoms with van der Waals surface area (Å²) in [6, 6.07) is 7.69. The van der Waals surface area contributed by atoms with Crippen LogP contribution in [-0.4, -0.2) is 33.2 Å². The highest BCUT2D eigenvalue weighted by Gasteiger charge is 2.42. The third kappa shape index (κ3) is 4.24. The van der Waals surface area contributed by atoms with Gasteiger partial charge in [-0.1, -0.05) is 38.1 Å². The minimum absolute atomic E-state index is 0.0699. The Labute approximate surface area is 193 Å². The van der Waals surface area contributed by atoms with Crippen molar-refractivity contribution in [3.05, 3.63) is 65.3 Å². The van der Waals surface area contributed by atoms with Crippen molar-refractivity contribution < 1.29 is 14.6 Å². The van der Waals surface area contributed by atoms with Crippen LogP contribution in [0.15, 0.2) is 42.6 Å². The van der Waals surface area contributed by atoms with E-state index in [0.717, 1.165) is 30.4 Å². The van der Waals surface area contributed by atoms with Crippen molar-refractivity contribution in [1.29, 1.82) is 5.26 Å². The Hall–Kier alpha value is -3.21. The van der Waals surface area contributed by atoms with Gasteiger partial charge in [0.05, 0.1) is 17.8 Å². The van der Waals surface area contributed by atoms with Crippen LogP contribution >= 0.6 is 0 Å². The van der Waals surface area contributed by atoms with Gasteiger partial charge in [-0.15, -0.1) is 0 Å². The van der Waals surface area contributed by atoms with E-state index in [0.29, 0.717) is 18.5 Å². The van der Waals surface area contributed by atoms with E-state index < -0.39 is 11.5 Å². The van der Waals surface area contributed by atoms with Crippen molar-refractivity contribution in [2.24, 2.45) is 5.41 Å². The smallest absolute Gasteiger partial charge is 0.291 e. The summed E-state index contributed by atoms with van der Waals surface area (Å²) >= 11 is 0. The van der Waals surface area contributed by atoms with Crippen molar-refractivity contribution in [1.82, 2.24) is 9.97 Å². The van der Waals surface area contributed by atoms with Gasteiger partial charge >= 0.3 is 0 Å². The van der Waals surface area contributed by atoms with Crippen molar-refractivity contribution in [3.63, 3.8) is 0 Å². The quantitative estimate of drug-likeness (QED) is 0.604. The molecule has 0 spiro atoms. The summed E-state index contributed by atoms with van der Waals surface area (Å²) in [5.41, 5.74) is 3.03. The molecular formula is C26H28N4O3. The number of benzene rings is 1. The molecule has 7 heteroatoms. The number of H-pyrrole nitrogens is 1. The number of carbonyl (C=O) groups is 1. The number of imidazole rings is 1. The van der Waals surface area contributed by atoms with E-state index in [9.17, 15) is 9.90 Å². The lowest BCUT2D eigenvalue weighted by atomic mass is 9.76. The Balaban J connectivity index is 1.49. The van der Waals surface area contributed by atoms with Crippen LogP contribution in [0.1, 0.15) is 73.4 Å². The fourth-order valence-corrected chi connectivity index (χ4v) is 4.99. The van der Waals surface area contributed by atoms with Crippen molar-refractivity contribution >= 4 is 17.2 Å². The number of hydrogen-bond donors (Lipinski definition) is 3. The number of allylic oxidation sites excluding steroid dienone is 2. The maximum Gasteiger partial charge on any atom is 0.291 e. The zero-order chi connectivity index (χ0) is 23.2. The van der Waals surface area contributed by atoms with Crippen molar-refractivity contribution in [2.45, 2.75) is 63.8 Å². The molecule has 2 aromatic rings. The van der Waals surface area contributed by atoms with Crippen LogP contribution < -0.4 is 5.32 Å². The van der Waals surface area contributed by atoms with Gasteiger partial charge in [-0.05, 0) is 47.9 Å². The number of rotatable bonds is 4. The van der Waals surface area contributed by atoms with Crippen LogP contribution in [0.25, 0.3) is 5.57 Å². The minimum Gasteiger partial charge on any atom is -0.385 e. The molecule has 33 heavy (non-hydrogen) atoms. The van der Waals surface area contributed by atoms with Gasteiger partial charge in [0, 0.05) is 30.3 Å². The second-order valence-electron chi connectivity index (χ2n) is 10.1. The summed E-state index contributed by atoms with van der Waals surface area (Å²) in [6.45, 7) is 4.52. The number of amides is 1. The molecule has 0 radical (unpaired) electrons. The Morgan fingerprint density at radius 2 is 2.06 bits per heavy atom. The summed E-state index contributed by atoms with van der Waals surface area (Å²) in [5, 5.41) is 23.5. The SMILES string of the molecule is CC1(C)CC=C(c2cc(C3(O)CC4C=C[C@H](C3)O4)ccc2NC(=O)c2nc(C#N)c[nH]2)CC1. The summed E-state index contributed by atoms with van der Waals surface area (Å²) in [4.78, 5) is 19.6. The first-order valence-electron chi connectivity index (χ1n) is 11.4. The Kier molecular flexibility index (Phi) is 5.23. The monoisotopic (exact) mass is 444 g/mol. The first kappa shape index (κ1) is 21.6. The van der Waals surface area contributed by atoms with E-state index in [1.165, 1.54) is 11.8 Å². The molecule has 7 nitrogen and oxygen atoms in total. The lowest BCUT2D eigenvalue weighted by molar-refractivity contribution is -0.107. The lowest BCUT2D eigenvalue weighted by Gasteiger charge is -2.37. The number of nitriles is 1. The fourth-order valence-electron chi connectivity index (χ4n) is 4.99. The summed E-state index contributed by atoms with van der Waals surface area (Å²) in [7, 11) is 0. The molecule has 1 saturated heterocycles. The highest BCUT2D eigenvalue weighted by atomic mass is 16.5. The number of ether oxygens (including phenoxy) is 1. The molecule has 1 aromatic carbocycles. The predicted molar refractivity (Wildman–Crippen MR) is 124 cm³/mol. The molecule has 1 aliphatic carbocycles. The summed E-state index contributed by atoms with van der Waals surface area (Å²) in [5.74, 6) is -0.319. The Bertz CT molecular complexity index is 1190. The highest BCUT2D eigenvalue weighted by Crippen LogP contribution is 2.44. The van der Waals surface area contributed by atoms with Crippen molar-refractivity contribution in [3.8, 4) is 6.07 Å². The molecule has 3 N–H and O–H groups in total. The predicted octanol–water partition coefficient (Wildman–Crippen LogP) is 4.43. The molecular weight excluding hydrogens is 416 g/mol. The molecule has 1 aromatic heterocycles. The molecule has 0 saturated carbocycles. The van der Waals surface area contributed by atoms with Crippen LogP contribution in [0, 0.1) is 16.7 Å². The average molecular weight is 445 g/mol. The molecule has 2 bridgehead atoms. The second kappa shape index (κ2) is 7.98. The lowest BCUT2D eigenvalue weighted by Crippen LogP contribution is -2.39. The third-order valence-electron chi connectivity index (χ3n) is 7.00. The van der Waals surface area contributed by atoms with Crippen LogP contribution in [0.5, 0.6) is 0 Å². The number of anilines is 1. The zero-order valence-corrected chi connectivity index (χ0v) is 18.9. The van der Waals surface area contributed by atoms with E-state index in [1.54, 1.807) is 0 Å². The van der Waals surface area contributed by atoms with Gasteiger partial charge in [-0.2, -0.15) is 5.26 Å². The van der Waals surface area contributed by atoms with Gasteiger partial charge < -0.3 is 20.1 Å². The summed E-state index contributed by atoms with van der Waals surface area (Å²) < 4.78 is 5.85. The number of carbonyl (C=O) groups excluding carboxylic acids is 1. The molecule has 5 rings (SSSR count). The zero-order valence-electron chi connectivity index (χ0n) is 18.9. The van der Waals surface area contributed by atoms with Crippen molar-refractivity contribution in [2.75, 3.05) is 5.32 Å². The van der Waals surface area contributed by atoms with Gasteiger partial charge in [0.2, 0.25) is 0 Å². The first-order chi connectivity index (χ1) is 15.7. The van der Waals surface area contributed by atoms with Gasteiger partial charge in [0.25, 0.3) is 5.91 Å². The van der Waals surface area contributed by atoms with Gasteiger partial charge in [0.15, 0.2) is 11.5 Å². The molecule has 2 aliphatic heterocycles. The summed E-state index contributed by atoms with van der Waals surface area (Å²) in [6.07, 6.45) is 11.5. The van der Waals surface area contributed by atoms with Crippen LogP contribution in [0.2, 0.25) is 0 Å². The van der Waals surface area contributed by atoms with Gasteiger partial charge in [0.1, 0.15) is 6.07 Å². The van der Waals surface area contributed by atoms with Crippen LogP contribution in [0.3, 0.4) is 0 Å².